The molecule has 2 aromatic rings. The maximum absolute atomic E-state index is 13.2. The largest absolute Gasteiger partial charge is 0.486 e. The number of ether oxygens (including phenoxy) is 2. The van der Waals surface area contributed by atoms with Gasteiger partial charge in [0.15, 0.2) is 11.5 Å². The van der Waals surface area contributed by atoms with Gasteiger partial charge in [-0.3, -0.25) is 9.48 Å². The minimum Gasteiger partial charge on any atom is -0.486 e. The van der Waals surface area contributed by atoms with E-state index in [1.54, 1.807) is 0 Å². The summed E-state index contributed by atoms with van der Waals surface area (Å²) in [4.78, 5) is 15.1. The molecule has 0 radical (unpaired) electrons. The molecule has 1 atom stereocenters. The number of carbonyl (C=O) groups is 1. The number of fused-ring (bicyclic) bond motifs is 1. The summed E-state index contributed by atoms with van der Waals surface area (Å²) in [6, 6.07) is 5.66. The van der Waals surface area contributed by atoms with Crippen molar-refractivity contribution < 1.29 is 14.3 Å². The Balaban J connectivity index is 1.35. The van der Waals surface area contributed by atoms with Crippen LogP contribution in [0.1, 0.15) is 47.7 Å². The van der Waals surface area contributed by atoms with Crippen molar-refractivity contribution in [3.05, 3.63) is 35.7 Å². The van der Waals surface area contributed by atoms with Gasteiger partial charge in [0, 0.05) is 18.7 Å². The molecular formula is C19H22N4O3. The monoisotopic (exact) mass is 354 g/mol. The minimum atomic E-state index is 0.0115. The number of para-hydroxylation sites is 1. The van der Waals surface area contributed by atoms with Crippen LogP contribution >= 0.6 is 0 Å². The van der Waals surface area contributed by atoms with Crippen LogP contribution in [-0.4, -0.2) is 51.6 Å². The lowest BCUT2D eigenvalue weighted by Crippen LogP contribution is -2.38. The van der Waals surface area contributed by atoms with Crippen LogP contribution < -0.4 is 9.47 Å². The molecule has 7 nitrogen and oxygen atoms in total. The number of hydrogen-bond acceptors (Lipinski definition) is 5. The van der Waals surface area contributed by atoms with Crippen molar-refractivity contribution in [1.82, 2.24) is 19.9 Å². The van der Waals surface area contributed by atoms with E-state index < -0.39 is 0 Å². The first-order chi connectivity index (χ1) is 12.8. The third-order valence-corrected chi connectivity index (χ3v) is 5.38. The molecule has 5 rings (SSSR count). The fourth-order valence-electron chi connectivity index (χ4n) is 3.87. The van der Waals surface area contributed by atoms with Gasteiger partial charge in [-0.15, -0.1) is 5.10 Å². The minimum absolute atomic E-state index is 0.0115. The van der Waals surface area contributed by atoms with E-state index in [1.807, 2.05) is 34.0 Å². The number of amides is 1. The van der Waals surface area contributed by atoms with Crippen LogP contribution in [0.15, 0.2) is 24.4 Å². The normalized spacial score (nSPS) is 21.8. The van der Waals surface area contributed by atoms with E-state index in [2.05, 4.69) is 10.3 Å². The van der Waals surface area contributed by atoms with Crippen LogP contribution in [0.4, 0.5) is 0 Å². The molecular weight excluding hydrogens is 332 g/mol. The fourth-order valence-corrected chi connectivity index (χ4v) is 3.87. The van der Waals surface area contributed by atoms with E-state index in [9.17, 15) is 4.79 Å². The third kappa shape index (κ3) is 2.81. The quantitative estimate of drug-likeness (QED) is 0.842. The Morgan fingerprint density at radius 3 is 2.96 bits per heavy atom. The molecule has 26 heavy (non-hydrogen) atoms. The van der Waals surface area contributed by atoms with E-state index in [0.717, 1.165) is 25.1 Å². The number of rotatable bonds is 4. The Hall–Kier alpha value is -2.57. The zero-order valence-electron chi connectivity index (χ0n) is 14.6. The maximum Gasteiger partial charge on any atom is 0.258 e. The Morgan fingerprint density at radius 1 is 1.19 bits per heavy atom. The highest BCUT2D eigenvalue weighted by molar-refractivity contribution is 5.98. The zero-order chi connectivity index (χ0) is 17.5. The molecule has 2 fully saturated rings. The van der Waals surface area contributed by atoms with Crippen molar-refractivity contribution >= 4 is 5.91 Å². The summed E-state index contributed by atoms with van der Waals surface area (Å²) in [5.74, 6) is 1.84. The van der Waals surface area contributed by atoms with E-state index in [0.29, 0.717) is 42.7 Å². The average molecular weight is 354 g/mol. The number of carbonyl (C=O) groups excluding carboxylic acids is 1. The molecule has 1 saturated heterocycles. The Morgan fingerprint density at radius 2 is 2.08 bits per heavy atom. The summed E-state index contributed by atoms with van der Waals surface area (Å²) in [6.45, 7) is 2.45. The van der Waals surface area contributed by atoms with Gasteiger partial charge < -0.3 is 14.4 Å². The highest BCUT2D eigenvalue weighted by Gasteiger charge is 2.33. The number of likely N-dealkylation sites (tertiary alicyclic amines) is 1. The molecule has 2 aliphatic heterocycles. The number of nitrogens with zero attached hydrogens (tertiary/aromatic N) is 4. The molecule has 1 aromatic carbocycles. The van der Waals surface area contributed by atoms with Gasteiger partial charge in [-0.2, -0.15) is 0 Å². The lowest BCUT2D eigenvalue weighted by Gasteiger charge is -2.27. The van der Waals surface area contributed by atoms with Gasteiger partial charge >= 0.3 is 0 Å². The van der Waals surface area contributed by atoms with E-state index >= 15 is 0 Å². The standard InChI is InChI=1S/C19H22N4O3/c24-19(15-4-1-5-17-18(15)26-10-9-25-17)23-8-2-3-14(23)11-22-12-16(20-21-22)13-6-7-13/h1,4-5,12-14H,2-3,6-11H2/t14-/m0/s1. The van der Waals surface area contributed by atoms with Crippen LogP contribution in [0.25, 0.3) is 0 Å². The second-order valence-electron chi connectivity index (χ2n) is 7.26. The second-order valence-corrected chi connectivity index (χ2v) is 7.26. The van der Waals surface area contributed by atoms with Gasteiger partial charge in [0.1, 0.15) is 13.2 Å². The van der Waals surface area contributed by atoms with Gasteiger partial charge in [-0.25, -0.2) is 0 Å². The molecule has 3 heterocycles. The first kappa shape index (κ1) is 15.7. The first-order valence-corrected chi connectivity index (χ1v) is 9.39. The van der Waals surface area contributed by atoms with Crippen molar-refractivity contribution in [3.8, 4) is 11.5 Å². The van der Waals surface area contributed by atoms with E-state index in [-0.39, 0.29) is 11.9 Å². The van der Waals surface area contributed by atoms with E-state index in [1.165, 1.54) is 12.8 Å². The molecule has 3 aliphatic rings. The Labute approximate surface area is 151 Å². The topological polar surface area (TPSA) is 69.5 Å². The predicted molar refractivity (Wildman–Crippen MR) is 93.5 cm³/mol. The summed E-state index contributed by atoms with van der Waals surface area (Å²) in [5, 5.41) is 8.54. The molecule has 1 aliphatic carbocycles. The van der Waals surface area contributed by atoms with Crippen LogP contribution in [0, 0.1) is 0 Å². The lowest BCUT2D eigenvalue weighted by molar-refractivity contribution is 0.0711. The highest BCUT2D eigenvalue weighted by Crippen LogP contribution is 2.39. The zero-order valence-corrected chi connectivity index (χ0v) is 14.6. The third-order valence-electron chi connectivity index (χ3n) is 5.38. The number of aromatic nitrogens is 3. The van der Waals surface area contributed by atoms with Crippen molar-refractivity contribution in [3.63, 3.8) is 0 Å². The number of benzene rings is 1. The van der Waals surface area contributed by atoms with Crippen molar-refractivity contribution in [1.29, 1.82) is 0 Å². The van der Waals surface area contributed by atoms with Crippen molar-refractivity contribution in [2.75, 3.05) is 19.8 Å². The summed E-state index contributed by atoms with van der Waals surface area (Å²) in [6.07, 6.45) is 6.46. The summed E-state index contributed by atoms with van der Waals surface area (Å²) >= 11 is 0. The molecule has 136 valence electrons. The Kier molecular flexibility index (Phi) is 3.80. The molecule has 1 saturated carbocycles. The average Bonchev–Trinajstić information content (AvgIpc) is 3.25. The molecule has 0 N–H and O–H groups in total. The first-order valence-electron chi connectivity index (χ1n) is 9.39. The molecule has 0 unspecified atom stereocenters. The summed E-state index contributed by atoms with van der Waals surface area (Å²) in [5.41, 5.74) is 1.68. The molecule has 7 heteroatoms. The van der Waals surface area contributed by atoms with Crippen molar-refractivity contribution in [2.24, 2.45) is 0 Å². The maximum atomic E-state index is 13.2. The van der Waals surface area contributed by atoms with Crippen LogP contribution in [-0.2, 0) is 6.54 Å². The van der Waals surface area contributed by atoms with Gasteiger partial charge in [0.2, 0.25) is 0 Å². The van der Waals surface area contributed by atoms with Gasteiger partial charge in [-0.05, 0) is 37.8 Å². The van der Waals surface area contributed by atoms with Crippen LogP contribution in [0.3, 0.4) is 0 Å². The SMILES string of the molecule is O=C(c1cccc2c1OCCO2)N1CCC[C@H]1Cn1cc(C2CC2)nn1. The molecule has 1 amide bonds. The van der Waals surface area contributed by atoms with Gasteiger partial charge in [-0.1, -0.05) is 11.3 Å². The van der Waals surface area contributed by atoms with E-state index in [4.69, 9.17) is 9.47 Å². The van der Waals surface area contributed by atoms with Crippen molar-refractivity contribution in [2.45, 2.75) is 44.2 Å². The Bertz CT molecular complexity index is 830. The van der Waals surface area contributed by atoms with Gasteiger partial charge in [0.05, 0.1) is 23.8 Å². The molecule has 0 spiro atoms. The highest BCUT2D eigenvalue weighted by atomic mass is 16.6. The van der Waals surface area contributed by atoms with Crippen LogP contribution in [0.5, 0.6) is 11.5 Å². The number of hydrogen-bond donors (Lipinski definition) is 0. The second kappa shape index (κ2) is 6.30. The van der Waals surface area contributed by atoms with Crippen LogP contribution in [0.2, 0.25) is 0 Å². The summed E-state index contributed by atoms with van der Waals surface area (Å²) in [7, 11) is 0. The lowest BCUT2D eigenvalue weighted by atomic mass is 10.1. The predicted octanol–water partition coefficient (Wildman–Crippen LogP) is 2.23. The molecule has 0 bridgehead atoms. The molecule has 1 aromatic heterocycles. The summed E-state index contributed by atoms with van der Waals surface area (Å²) < 4.78 is 13.2. The fraction of sp³-hybridized carbons (Fsp3) is 0.526. The smallest absolute Gasteiger partial charge is 0.258 e. The van der Waals surface area contributed by atoms with Gasteiger partial charge in [0.25, 0.3) is 5.91 Å².